The SMILES string of the molecule is CC1=C(C(=O)O)C(C)Oc2ccccc21. The number of fused-ring (bicyclic) bond motifs is 1. The summed E-state index contributed by atoms with van der Waals surface area (Å²) in [7, 11) is 0. The van der Waals surface area contributed by atoms with E-state index in [1.165, 1.54) is 0 Å². The van der Waals surface area contributed by atoms with Gasteiger partial charge in [-0.1, -0.05) is 18.2 Å². The van der Waals surface area contributed by atoms with Gasteiger partial charge in [0.2, 0.25) is 0 Å². The second kappa shape index (κ2) is 3.42. The number of benzene rings is 1. The Morgan fingerprint density at radius 2 is 2.07 bits per heavy atom. The first-order valence-electron chi connectivity index (χ1n) is 4.81. The van der Waals surface area contributed by atoms with E-state index in [1.54, 1.807) is 6.92 Å². The van der Waals surface area contributed by atoms with E-state index >= 15 is 0 Å². The first kappa shape index (κ1) is 9.77. The standard InChI is InChI=1S/C12H12O3/c1-7-9-5-3-4-6-10(9)15-8(2)11(7)12(13)14/h3-6,8H,1-2H3,(H,13,14). The molecule has 1 atom stereocenters. The Bertz CT molecular complexity index is 446. The molecule has 3 heteroatoms. The topological polar surface area (TPSA) is 46.5 Å². The van der Waals surface area contributed by atoms with E-state index < -0.39 is 12.1 Å². The molecule has 1 aromatic rings. The molecule has 1 aliphatic rings. The van der Waals surface area contributed by atoms with Crippen LogP contribution in [-0.4, -0.2) is 17.2 Å². The van der Waals surface area contributed by atoms with E-state index in [-0.39, 0.29) is 0 Å². The molecule has 0 saturated heterocycles. The minimum atomic E-state index is -0.908. The van der Waals surface area contributed by atoms with E-state index in [0.29, 0.717) is 5.57 Å². The van der Waals surface area contributed by atoms with Gasteiger partial charge in [-0.2, -0.15) is 0 Å². The average Bonchev–Trinajstić information content (AvgIpc) is 2.17. The predicted molar refractivity (Wildman–Crippen MR) is 56.8 cm³/mol. The van der Waals surface area contributed by atoms with Crippen LogP contribution in [0.3, 0.4) is 0 Å². The second-order valence-electron chi connectivity index (χ2n) is 3.60. The highest BCUT2D eigenvalue weighted by Crippen LogP contribution is 2.35. The number of rotatable bonds is 1. The molecule has 0 aromatic heterocycles. The largest absolute Gasteiger partial charge is 0.485 e. The van der Waals surface area contributed by atoms with Crippen molar-refractivity contribution in [3.8, 4) is 5.75 Å². The summed E-state index contributed by atoms with van der Waals surface area (Å²) in [6.45, 7) is 3.57. The van der Waals surface area contributed by atoms with Crippen molar-refractivity contribution in [2.75, 3.05) is 0 Å². The molecule has 0 amide bonds. The van der Waals surface area contributed by atoms with Crippen LogP contribution in [0.1, 0.15) is 19.4 Å². The lowest BCUT2D eigenvalue weighted by atomic mass is 9.95. The number of ether oxygens (including phenoxy) is 1. The highest BCUT2D eigenvalue weighted by Gasteiger charge is 2.27. The summed E-state index contributed by atoms with van der Waals surface area (Å²) in [6, 6.07) is 7.49. The summed E-state index contributed by atoms with van der Waals surface area (Å²) in [5, 5.41) is 9.07. The zero-order valence-corrected chi connectivity index (χ0v) is 8.65. The normalized spacial score (nSPS) is 19.5. The van der Waals surface area contributed by atoms with Crippen LogP contribution in [0.25, 0.3) is 5.57 Å². The molecule has 0 radical (unpaired) electrons. The summed E-state index contributed by atoms with van der Waals surface area (Å²) in [6.07, 6.45) is -0.391. The highest BCUT2D eigenvalue weighted by atomic mass is 16.5. The van der Waals surface area contributed by atoms with Crippen LogP contribution in [0.15, 0.2) is 29.8 Å². The van der Waals surface area contributed by atoms with Crippen LogP contribution < -0.4 is 4.74 Å². The van der Waals surface area contributed by atoms with Gasteiger partial charge in [-0.25, -0.2) is 4.79 Å². The summed E-state index contributed by atoms with van der Waals surface area (Å²) in [5.74, 6) is -0.151. The molecule has 1 aliphatic heterocycles. The van der Waals surface area contributed by atoms with E-state index in [0.717, 1.165) is 16.9 Å². The third-order valence-electron chi connectivity index (χ3n) is 2.64. The van der Waals surface area contributed by atoms with E-state index in [9.17, 15) is 4.79 Å². The lowest BCUT2D eigenvalue weighted by Crippen LogP contribution is -2.25. The molecular formula is C12H12O3. The molecular weight excluding hydrogens is 192 g/mol. The molecule has 78 valence electrons. The number of allylic oxidation sites excluding steroid dienone is 1. The molecule has 1 unspecified atom stereocenters. The monoisotopic (exact) mass is 204 g/mol. The Kier molecular flexibility index (Phi) is 2.23. The van der Waals surface area contributed by atoms with Gasteiger partial charge in [0, 0.05) is 5.56 Å². The Morgan fingerprint density at radius 3 is 2.73 bits per heavy atom. The number of carboxylic acid groups (broad SMARTS) is 1. The number of carboxylic acids is 1. The van der Waals surface area contributed by atoms with Gasteiger partial charge in [0.25, 0.3) is 0 Å². The number of para-hydroxylation sites is 1. The van der Waals surface area contributed by atoms with Crippen LogP contribution in [0.5, 0.6) is 5.75 Å². The lowest BCUT2D eigenvalue weighted by molar-refractivity contribution is -0.133. The maximum absolute atomic E-state index is 11.0. The third-order valence-corrected chi connectivity index (χ3v) is 2.64. The minimum absolute atomic E-state index is 0.341. The Morgan fingerprint density at radius 1 is 1.40 bits per heavy atom. The van der Waals surface area contributed by atoms with Gasteiger partial charge < -0.3 is 9.84 Å². The molecule has 1 aromatic carbocycles. The second-order valence-corrected chi connectivity index (χ2v) is 3.60. The van der Waals surface area contributed by atoms with Crippen LogP contribution in [0.4, 0.5) is 0 Å². The summed E-state index contributed by atoms with van der Waals surface area (Å²) in [4.78, 5) is 11.0. The van der Waals surface area contributed by atoms with Gasteiger partial charge in [-0.05, 0) is 25.5 Å². The van der Waals surface area contributed by atoms with Gasteiger partial charge >= 0.3 is 5.97 Å². The Balaban J connectivity index is 2.62. The maximum atomic E-state index is 11.0. The Hall–Kier alpha value is -1.77. The number of hydrogen-bond donors (Lipinski definition) is 1. The average molecular weight is 204 g/mol. The Labute approximate surface area is 88.0 Å². The molecule has 2 rings (SSSR count). The summed E-state index contributed by atoms with van der Waals surface area (Å²) in [5.41, 5.74) is 2.00. The fourth-order valence-corrected chi connectivity index (χ4v) is 1.91. The highest BCUT2D eigenvalue weighted by molar-refractivity contribution is 5.98. The molecule has 0 saturated carbocycles. The van der Waals surface area contributed by atoms with Gasteiger partial charge in [0.15, 0.2) is 0 Å². The van der Waals surface area contributed by atoms with E-state index in [1.807, 2.05) is 31.2 Å². The van der Waals surface area contributed by atoms with Crippen LogP contribution >= 0.6 is 0 Å². The van der Waals surface area contributed by atoms with E-state index in [2.05, 4.69) is 0 Å². The first-order valence-corrected chi connectivity index (χ1v) is 4.81. The van der Waals surface area contributed by atoms with Gasteiger partial charge in [0.05, 0.1) is 5.57 Å². The number of carbonyl (C=O) groups is 1. The smallest absolute Gasteiger partial charge is 0.335 e. The quantitative estimate of drug-likeness (QED) is 0.763. The van der Waals surface area contributed by atoms with Crippen molar-refractivity contribution < 1.29 is 14.6 Å². The molecule has 0 aliphatic carbocycles. The van der Waals surface area contributed by atoms with E-state index in [4.69, 9.17) is 9.84 Å². The summed E-state index contributed by atoms with van der Waals surface area (Å²) >= 11 is 0. The molecule has 0 fully saturated rings. The lowest BCUT2D eigenvalue weighted by Gasteiger charge is -2.25. The molecule has 0 bridgehead atoms. The third kappa shape index (κ3) is 1.50. The fraction of sp³-hybridized carbons (Fsp3) is 0.250. The fourth-order valence-electron chi connectivity index (χ4n) is 1.91. The molecule has 1 heterocycles. The van der Waals surface area contributed by atoms with Crippen molar-refractivity contribution in [3.05, 3.63) is 35.4 Å². The zero-order valence-electron chi connectivity index (χ0n) is 8.65. The van der Waals surface area contributed by atoms with Crippen molar-refractivity contribution in [1.29, 1.82) is 0 Å². The van der Waals surface area contributed by atoms with Gasteiger partial charge in [-0.15, -0.1) is 0 Å². The summed E-state index contributed by atoms with van der Waals surface area (Å²) < 4.78 is 5.54. The van der Waals surface area contributed by atoms with Crippen molar-refractivity contribution in [3.63, 3.8) is 0 Å². The molecule has 1 N–H and O–H groups in total. The van der Waals surface area contributed by atoms with Gasteiger partial charge in [-0.3, -0.25) is 0 Å². The molecule has 0 spiro atoms. The molecule has 15 heavy (non-hydrogen) atoms. The van der Waals surface area contributed by atoms with Crippen LogP contribution in [-0.2, 0) is 4.79 Å². The zero-order chi connectivity index (χ0) is 11.0. The van der Waals surface area contributed by atoms with Crippen molar-refractivity contribution in [2.24, 2.45) is 0 Å². The van der Waals surface area contributed by atoms with Crippen molar-refractivity contribution in [2.45, 2.75) is 20.0 Å². The predicted octanol–water partition coefficient (Wildman–Crippen LogP) is 2.33. The minimum Gasteiger partial charge on any atom is -0.485 e. The number of aliphatic carboxylic acids is 1. The first-order chi connectivity index (χ1) is 7.11. The van der Waals surface area contributed by atoms with Crippen LogP contribution in [0, 0.1) is 0 Å². The molecule has 3 nitrogen and oxygen atoms in total. The van der Waals surface area contributed by atoms with Gasteiger partial charge in [0.1, 0.15) is 11.9 Å². The van der Waals surface area contributed by atoms with Crippen molar-refractivity contribution in [1.82, 2.24) is 0 Å². The maximum Gasteiger partial charge on any atom is 0.335 e. The van der Waals surface area contributed by atoms with Crippen molar-refractivity contribution >= 4 is 11.5 Å². The van der Waals surface area contributed by atoms with Crippen LogP contribution in [0.2, 0.25) is 0 Å². The number of hydrogen-bond acceptors (Lipinski definition) is 2.